The summed E-state index contributed by atoms with van der Waals surface area (Å²) in [6.45, 7) is -1.22. The molecule has 18 heteroatoms. The Morgan fingerprint density at radius 3 is 2.42 bits per heavy atom. The predicted molar refractivity (Wildman–Crippen MR) is 170 cm³/mol. The molecule has 3 aromatic heterocycles. The topological polar surface area (TPSA) is 109 Å². The zero-order valence-electron chi connectivity index (χ0n) is 26.0. The summed E-state index contributed by atoms with van der Waals surface area (Å²) in [6, 6.07) is 5.99. The highest BCUT2D eigenvalue weighted by Gasteiger charge is 2.41. The quantitative estimate of drug-likeness (QED) is 0.0928. The molecule has 0 saturated heterocycles. The van der Waals surface area contributed by atoms with Crippen molar-refractivity contribution in [2.24, 2.45) is 11.8 Å². The minimum Gasteiger partial charge on any atom is -0.471 e. The molecule has 1 aromatic carbocycles. The van der Waals surface area contributed by atoms with E-state index < -0.39 is 60.1 Å². The maximum Gasteiger partial charge on any atom is 0.418 e. The van der Waals surface area contributed by atoms with Gasteiger partial charge in [-0.2, -0.15) is 36.3 Å². The van der Waals surface area contributed by atoms with Gasteiger partial charge in [-0.3, -0.25) is 9.59 Å². The fourth-order valence-corrected chi connectivity index (χ4v) is 6.86. The number of rotatable bonds is 13. The number of Topliss-reactive ketones (excluding diaryl/α,β-unsaturated/α-hetero) is 1. The van der Waals surface area contributed by atoms with Gasteiger partial charge in [-0.05, 0) is 73.2 Å². The zero-order valence-corrected chi connectivity index (χ0v) is 27.6. The minimum atomic E-state index is -4.79. The Balaban J connectivity index is 1.32. The molecule has 1 amide bonds. The highest BCUT2D eigenvalue weighted by Crippen LogP contribution is 2.41. The number of fused-ring (bicyclic) bond motifs is 1. The van der Waals surface area contributed by atoms with Gasteiger partial charge in [0.25, 0.3) is 12.3 Å². The van der Waals surface area contributed by atoms with Crippen LogP contribution < -0.4 is 15.4 Å². The maximum atomic E-state index is 13.9. The number of imidazole rings is 1. The maximum absolute atomic E-state index is 13.9. The molecule has 5 rings (SSSR count). The zero-order chi connectivity index (χ0) is 36.2. The van der Waals surface area contributed by atoms with Crippen molar-refractivity contribution in [3.8, 4) is 5.88 Å². The van der Waals surface area contributed by atoms with Gasteiger partial charge in [0.05, 0.1) is 33.3 Å². The number of thiophene rings is 1. The van der Waals surface area contributed by atoms with Gasteiger partial charge < -0.3 is 20.4 Å². The lowest BCUT2D eigenvalue weighted by Crippen LogP contribution is -2.27. The van der Waals surface area contributed by atoms with Crippen LogP contribution in [0.3, 0.4) is 0 Å². The molecule has 0 atom stereocenters. The van der Waals surface area contributed by atoms with Crippen molar-refractivity contribution in [1.29, 1.82) is 0 Å². The van der Waals surface area contributed by atoms with E-state index in [-0.39, 0.29) is 64.3 Å². The van der Waals surface area contributed by atoms with Crippen LogP contribution >= 0.6 is 22.9 Å². The van der Waals surface area contributed by atoms with Crippen molar-refractivity contribution in [2.45, 2.75) is 70.3 Å². The third-order valence-electron chi connectivity index (χ3n) is 8.33. The number of hydrogen-bond donors (Lipinski definition) is 3. The summed E-state index contributed by atoms with van der Waals surface area (Å²) in [5.41, 5.74) is -1.37. The first-order valence-corrected chi connectivity index (χ1v) is 16.7. The first kappa shape index (κ1) is 37.3. The van der Waals surface area contributed by atoms with E-state index in [1.54, 1.807) is 5.38 Å². The van der Waals surface area contributed by atoms with Gasteiger partial charge in [-0.15, -0.1) is 11.3 Å². The number of carbonyl (C=O) groups excluding carboxylic acids is 2. The summed E-state index contributed by atoms with van der Waals surface area (Å²) in [4.78, 5) is 36.9. The van der Waals surface area contributed by atoms with Crippen molar-refractivity contribution in [2.75, 3.05) is 11.9 Å². The Morgan fingerprint density at radius 2 is 1.78 bits per heavy atom. The fourth-order valence-electron chi connectivity index (χ4n) is 5.80. The van der Waals surface area contributed by atoms with Crippen molar-refractivity contribution in [3.63, 3.8) is 0 Å². The van der Waals surface area contributed by atoms with Gasteiger partial charge in [0.15, 0.2) is 18.0 Å². The number of pyridine rings is 1. The third-order valence-corrected chi connectivity index (χ3v) is 9.67. The summed E-state index contributed by atoms with van der Waals surface area (Å²) >= 11 is 7.08. The summed E-state index contributed by atoms with van der Waals surface area (Å²) in [7, 11) is 0. The van der Waals surface area contributed by atoms with E-state index in [4.69, 9.17) is 16.3 Å². The van der Waals surface area contributed by atoms with Crippen LogP contribution in [0.5, 0.6) is 5.88 Å². The number of amides is 1. The molecule has 1 fully saturated rings. The van der Waals surface area contributed by atoms with Crippen LogP contribution in [0.1, 0.15) is 76.1 Å². The van der Waals surface area contributed by atoms with E-state index in [1.165, 1.54) is 24.3 Å². The first-order chi connectivity index (χ1) is 23.6. The monoisotopic (exact) mass is 751 g/mol. The van der Waals surface area contributed by atoms with Gasteiger partial charge >= 0.3 is 12.4 Å². The standard InChI is InChI=1S/C32H30ClF8N5O3S/c33-21-10-11-50-26(21)28(48)42-14-17-6-9-20(32(39,40)41)22(12-17)43-30-44-23-13-19(29(45-27(23)46-30)49-15-25(34)35)24(47)3-1-2-16-4-7-18(8-5-16)31(36,37)38/h6,9-13,16,18,25H,1-5,7-8,14-15H2,(H,42,48)(H2,43,44,45,46). The van der Waals surface area contributed by atoms with E-state index in [0.717, 1.165) is 17.4 Å². The van der Waals surface area contributed by atoms with E-state index in [1.807, 2.05) is 0 Å². The van der Waals surface area contributed by atoms with Gasteiger partial charge in [0.2, 0.25) is 11.8 Å². The molecule has 1 aliphatic rings. The van der Waals surface area contributed by atoms with Crippen LogP contribution in [0.4, 0.5) is 46.8 Å². The molecule has 50 heavy (non-hydrogen) atoms. The summed E-state index contributed by atoms with van der Waals surface area (Å²) in [6.07, 6.45) is -10.3. The first-order valence-electron chi connectivity index (χ1n) is 15.5. The Labute approximate surface area is 289 Å². The Kier molecular flexibility index (Phi) is 11.5. The lowest BCUT2D eigenvalue weighted by atomic mass is 9.79. The number of benzene rings is 1. The summed E-state index contributed by atoms with van der Waals surface area (Å²) in [5, 5.41) is 7.01. The summed E-state index contributed by atoms with van der Waals surface area (Å²) in [5.74, 6) is -2.99. The fraction of sp³-hybridized carbons (Fsp3) is 0.438. The average molecular weight is 752 g/mol. The number of halogens is 9. The SMILES string of the molecule is O=C(CCCC1CCC(C(F)(F)F)CC1)c1cc2[nH]c(Nc3cc(CNC(=O)c4sccc4Cl)ccc3C(F)(F)F)nc2nc1OCC(F)F. The average Bonchev–Trinajstić information content (AvgIpc) is 3.66. The Bertz CT molecular complexity index is 1820. The van der Waals surface area contributed by atoms with Crippen molar-refractivity contribution in [1.82, 2.24) is 20.3 Å². The second-order valence-corrected chi connectivity index (χ2v) is 13.2. The molecular weight excluding hydrogens is 722 g/mol. The molecule has 8 nitrogen and oxygen atoms in total. The number of aromatic nitrogens is 3. The number of carbonyl (C=O) groups is 2. The molecule has 1 saturated carbocycles. The highest BCUT2D eigenvalue weighted by molar-refractivity contribution is 7.12. The molecular formula is C32H30ClF8N5O3S. The number of ether oxygens (including phenoxy) is 1. The molecule has 0 aliphatic heterocycles. The largest absolute Gasteiger partial charge is 0.471 e. The molecule has 0 unspecified atom stereocenters. The number of nitrogens with one attached hydrogen (secondary N) is 3. The number of anilines is 2. The Hall–Kier alpha value is -3.99. The van der Waals surface area contributed by atoms with Crippen LogP contribution in [0.15, 0.2) is 35.7 Å². The van der Waals surface area contributed by atoms with Crippen molar-refractivity contribution >= 4 is 57.4 Å². The number of hydrogen-bond acceptors (Lipinski definition) is 7. The lowest BCUT2D eigenvalue weighted by Gasteiger charge is -2.29. The summed E-state index contributed by atoms with van der Waals surface area (Å²) < 4.78 is 112. The van der Waals surface area contributed by atoms with Crippen LogP contribution in [-0.4, -0.2) is 45.9 Å². The van der Waals surface area contributed by atoms with E-state index >= 15 is 0 Å². The van der Waals surface area contributed by atoms with Crippen LogP contribution in [0.25, 0.3) is 11.2 Å². The third kappa shape index (κ3) is 9.41. The molecule has 3 heterocycles. The van der Waals surface area contributed by atoms with Crippen molar-refractivity contribution in [3.05, 3.63) is 62.3 Å². The molecule has 0 radical (unpaired) electrons. The van der Waals surface area contributed by atoms with Gasteiger partial charge in [0.1, 0.15) is 4.88 Å². The molecule has 4 aromatic rings. The van der Waals surface area contributed by atoms with Crippen LogP contribution in [0, 0.1) is 11.8 Å². The molecule has 0 bridgehead atoms. The molecule has 1 aliphatic carbocycles. The van der Waals surface area contributed by atoms with Gasteiger partial charge in [-0.1, -0.05) is 24.1 Å². The van der Waals surface area contributed by atoms with E-state index in [2.05, 4.69) is 25.6 Å². The highest BCUT2D eigenvalue weighted by atomic mass is 35.5. The van der Waals surface area contributed by atoms with Crippen molar-refractivity contribution < 1.29 is 49.4 Å². The number of alkyl halides is 8. The van der Waals surface area contributed by atoms with Gasteiger partial charge in [-0.25, -0.2) is 8.78 Å². The Morgan fingerprint density at radius 1 is 1.04 bits per heavy atom. The molecule has 3 N–H and O–H groups in total. The van der Waals surface area contributed by atoms with Gasteiger partial charge in [0, 0.05) is 13.0 Å². The second kappa shape index (κ2) is 15.5. The van der Waals surface area contributed by atoms with E-state index in [9.17, 15) is 44.7 Å². The molecule has 270 valence electrons. The predicted octanol–water partition coefficient (Wildman–Crippen LogP) is 9.73. The van der Waals surface area contributed by atoms with Crippen LogP contribution in [-0.2, 0) is 12.7 Å². The molecule has 0 spiro atoms. The number of H-pyrrole nitrogens is 1. The number of ketones is 1. The smallest absolute Gasteiger partial charge is 0.418 e. The number of aromatic amines is 1. The minimum absolute atomic E-state index is 0.0219. The second-order valence-electron chi connectivity index (χ2n) is 11.9. The normalized spacial score (nSPS) is 16.9. The lowest BCUT2D eigenvalue weighted by molar-refractivity contribution is -0.184. The van der Waals surface area contributed by atoms with Crippen LogP contribution in [0.2, 0.25) is 5.02 Å². The number of nitrogens with zero attached hydrogens (tertiary/aromatic N) is 2. The van der Waals surface area contributed by atoms with E-state index in [0.29, 0.717) is 31.2 Å².